The molecule has 4 heteroatoms. The van der Waals surface area contributed by atoms with Gasteiger partial charge in [0.05, 0.1) is 12.9 Å². The van der Waals surface area contributed by atoms with Crippen molar-refractivity contribution in [1.29, 1.82) is 0 Å². The van der Waals surface area contributed by atoms with Gasteiger partial charge in [-0.3, -0.25) is 4.79 Å². The van der Waals surface area contributed by atoms with Crippen molar-refractivity contribution in [3.05, 3.63) is 24.2 Å². The minimum absolute atomic E-state index is 0.0719. The summed E-state index contributed by atoms with van der Waals surface area (Å²) >= 11 is 0. The number of carbonyl (C=O) groups excluding carboxylic acids is 1. The molecule has 2 rings (SSSR count). The monoisotopic (exact) mass is 265 g/mol. The summed E-state index contributed by atoms with van der Waals surface area (Å²) in [5, 5.41) is 0. The van der Waals surface area contributed by atoms with Gasteiger partial charge in [-0.05, 0) is 51.4 Å². The minimum atomic E-state index is -0.0719. The Morgan fingerprint density at radius 3 is 3.16 bits per heavy atom. The third kappa shape index (κ3) is 4.39. The quantitative estimate of drug-likeness (QED) is 0.561. The fraction of sp³-hybridized carbons (Fsp3) is 0.667. The fourth-order valence-corrected chi connectivity index (χ4v) is 2.63. The van der Waals surface area contributed by atoms with E-state index in [0.717, 1.165) is 38.2 Å². The van der Waals surface area contributed by atoms with Crippen LogP contribution >= 0.6 is 0 Å². The van der Waals surface area contributed by atoms with Crippen molar-refractivity contribution >= 4 is 5.97 Å². The molecule has 0 saturated carbocycles. The molecule has 0 spiro atoms. The molecule has 1 aromatic rings. The average molecular weight is 265 g/mol. The first-order valence-corrected chi connectivity index (χ1v) is 7.21. The Bertz CT molecular complexity index is 375. The number of ether oxygens (including phenoxy) is 1. The van der Waals surface area contributed by atoms with Gasteiger partial charge in [-0.25, -0.2) is 0 Å². The number of carbonyl (C=O) groups is 1. The highest BCUT2D eigenvalue weighted by atomic mass is 16.5. The lowest BCUT2D eigenvalue weighted by Crippen LogP contribution is -2.21. The largest absolute Gasteiger partial charge is 0.469 e. The fourth-order valence-electron chi connectivity index (χ4n) is 2.63. The zero-order chi connectivity index (χ0) is 13.5. The van der Waals surface area contributed by atoms with Crippen LogP contribution in [-0.2, 0) is 9.53 Å². The molecule has 4 nitrogen and oxygen atoms in total. The molecule has 0 aromatic carbocycles. The number of furan rings is 1. The minimum Gasteiger partial charge on any atom is -0.469 e. The number of unbranched alkanes of at least 4 members (excludes halogenated alkanes) is 1. The number of esters is 1. The number of hydrogen-bond acceptors (Lipinski definition) is 4. The molecule has 2 heterocycles. The first-order chi connectivity index (χ1) is 9.29. The van der Waals surface area contributed by atoms with E-state index < -0.39 is 0 Å². The second-order valence-corrected chi connectivity index (χ2v) is 5.06. The van der Waals surface area contributed by atoms with E-state index >= 15 is 0 Å². The lowest BCUT2D eigenvalue weighted by molar-refractivity contribution is -0.143. The Morgan fingerprint density at radius 1 is 1.53 bits per heavy atom. The maximum absolute atomic E-state index is 11.2. The number of likely N-dealkylation sites (tertiary alicyclic amines) is 1. The van der Waals surface area contributed by atoms with Crippen LogP contribution in [0.2, 0.25) is 0 Å². The number of nitrogens with zero attached hydrogens (tertiary/aromatic N) is 1. The van der Waals surface area contributed by atoms with Crippen LogP contribution in [0.15, 0.2) is 22.8 Å². The van der Waals surface area contributed by atoms with Crippen molar-refractivity contribution in [1.82, 2.24) is 4.90 Å². The topological polar surface area (TPSA) is 42.7 Å². The van der Waals surface area contributed by atoms with Crippen molar-refractivity contribution in [2.45, 2.75) is 38.5 Å². The Labute approximate surface area is 114 Å². The molecule has 1 atom stereocenters. The first-order valence-electron chi connectivity index (χ1n) is 7.21. The maximum atomic E-state index is 11.2. The van der Waals surface area contributed by atoms with E-state index in [1.165, 1.54) is 6.42 Å². The van der Waals surface area contributed by atoms with Gasteiger partial charge in [0.15, 0.2) is 0 Å². The zero-order valence-corrected chi connectivity index (χ0v) is 11.6. The molecular formula is C15H23NO3. The highest BCUT2D eigenvalue weighted by Gasteiger charge is 2.25. The molecule has 1 fully saturated rings. The Hall–Kier alpha value is -1.29. The van der Waals surface area contributed by atoms with Gasteiger partial charge in [-0.15, -0.1) is 0 Å². The van der Waals surface area contributed by atoms with E-state index in [1.807, 2.05) is 13.0 Å². The summed E-state index contributed by atoms with van der Waals surface area (Å²) < 4.78 is 10.4. The molecule has 19 heavy (non-hydrogen) atoms. The van der Waals surface area contributed by atoms with Crippen LogP contribution in [0.4, 0.5) is 0 Å². The predicted octanol–water partition coefficient (Wildman–Crippen LogP) is 2.80. The standard InChI is InChI=1S/C15H23NO3/c1-2-18-15(17)7-3-4-9-16-10-8-13(12-16)14-6-5-11-19-14/h5-6,11,13H,2-4,7-10,12H2,1H3/t13-/m0/s1. The highest BCUT2D eigenvalue weighted by molar-refractivity contribution is 5.69. The maximum Gasteiger partial charge on any atom is 0.305 e. The summed E-state index contributed by atoms with van der Waals surface area (Å²) in [5.41, 5.74) is 0. The van der Waals surface area contributed by atoms with Crippen LogP contribution in [0, 0.1) is 0 Å². The van der Waals surface area contributed by atoms with E-state index in [0.29, 0.717) is 18.9 Å². The van der Waals surface area contributed by atoms with Gasteiger partial charge >= 0.3 is 5.97 Å². The van der Waals surface area contributed by atoms with Crippen LogP contribution in [0.5, 0.6) is 0 Å². The molecular weight excluding hydrogens is 242 g/mol. The van der Waals surface area contributed by atoms with Crippen molar-refractivity contribution in [3.8, 4) is 0 Å². The summed E-state index contributed by atoms with van der Waals surface area (Å²) in [7, 11) is 0. The van der Waals surface area contributed by atoms with E-state index in [4.69, 9.17) is 9.15 Å². The van der Waals surface area contributed by atoms with Crippen LogP contribution in [0.3, 0.4) is 0 Å². The van der Waals surface area contributed by atoms with Gasteiger partial charge in [0.2, 0.25) is 0 Å². The Morgan fingerprint density at radius 2 is 2.42 bits per heavy atom. The molecule has 0 aliphatic carbocycles. The Kier molecular flexibility index (Phi) is 5.45. The molecule has 0 N–H and O–H groups in total. The van der Waals surface area contributed by atoms with Crippen molar-refractivity contribution in [3.63, 3.8) is 0 Å². The molecule has 1 aliphatic heterocycles. The van der Waals surface area contributed by atoms with Crippen molar-refractivity contribution in [2.75, 3.05) is 26.2 Å². The van der Waals surface area contributed by atoms with Crippen molar-refractivity contribution in [2.24, 2.45) is 0 Å². The van der Waals surface area contributed by atoms with Gasteiger partial charge in [-0.2, -0.15) is 0 Å². The van der Waals surface area contributed by atoms with Crippen LogP contribution < -0.4 is 0 Å². The second kappa shape index (κ2) is 7.34. The first kappa shape index (κ1) is 14.1. The molecule has 0 radical (unpaired) electrons. The summed E-state index contributed by atoms with van der Waals surface area (Å²) in [6.45, 7) is 5.60. The average Bonchev–Trinajstić information content (AvgIpc) is 3.05. The molecule has 0 bridgehead atoms. The smallest absolute Gasteiger partial charge is 0.305 e. The zero-order valence-electron chi connectivity index (χ0n) is 11.6. The second-order valence-electron chi connectivity index (χ2n) is 5.06. The lowest BCUT2D eigenvalue weighted by atomic mass is 10.1. The predicted molar refractivity (Wildman–Crippen MR) is 73.0 cm³/mol. The van der Waals surface area contributed by atoms with Gasteiger partial charge in [0, 0.05) is 18.9 Å². The highest BCUT2D eigenvalue weighted by Crippen LogP contribution is 2.27. The SMILES string of the molecule is CCOC(=O)CCCCN1CC[C@H](c2ccco2)C1. The van der Waals surface area contributed by atoms with Gasteiger partial charge in [0.1, 0.15) is 5.76 Å². The summed E-state index contributed by atoms with van der Waals surface area (Å²) in [6.07, 6.45) is 5.44. The normalized spacial score (nSPS) is 19.7. The summed E-state index contributed by atoms with van der Waals surface area (Å²) in [4.78, 5) is 13.7. The van der Waals surface area contributed by atoms with E-state index in [9.17, 15) is 4.79 Å². The molecule has 106 valence electrons. The van der Waals surface area contributed by atoms with Gasteiger partial charge in [-0.1, -0.05) is 0 Å². The molecule has 0 unspecified atom stereocenters. The number of rotatable bonds is 7. The molecule has 1 aliphatic rings. The Balaban J connectivity index is 1.59. The third-order valence-corrected chi connectivity index (χ3v) is 3.63. The summed E-state index contributed by atoms with van der Waals surface area (Å²) in [6, 6.07) is 4.02. The van der Waals surface area contributed by atoms with Crippen molar-refractivity contribution < 1.29 is 13.9 Å². The molecule has 0 amide bonds. The van der Waals surface area contributed by atoms with E-state index in [-0.39, 0.29) is 5.97 Å². The van der Waals surface area contributed by atoms with E-state index in [1.54, 1.807) is 6.26 Å². The number of hydrogen-bond donors (Lipinski definition) is 0. The summed E-state index contributed by atoms with van der Waals surface area (Å²) in [5.74, 6) is 1.58. The van der Waals surface area contributed by atoms with Crippen LogP contribution in [0.25, 0.3) is 0 Å². The third-order valence-electron chi connectivity index (χ3n) is 3.63. The molecule has 1 saturated heterocycles. The molecule has 1 aromatic heterocycles. The van der Waals surface area contributed by atoms with E-state index in [2.05, 4.69) is 11.0 Å². The lowest BCUT2D eigenvalue weighted by Gasteiger charge is -2.14. The van der Waals surface area contributed by atoms with Crippen LogP contribution in [-0.4, -0.2) is 37.1 Å². The van der Waals surface area contributed by atoms with Crippen LogP contribution in [0.1, 0.15) is 44.3 Å². The van der Waals surface area contributed by atoms with Gasteiger partial charge in [0.25, 0.3) is 0 Å². The van der Waals surface area contributed by atoms with Gasteiger partial charge < -0.3 is 14.1 Å².